The van der Waals surface area contributed by atoms with E-state index < -0.39 is 11.9 Å². The number of carbonyl (C=O) groups is 2. The molecule has 0 spiro atoms. The van der Waals surface area contributed by atoms with E-state index in [1.165, 1.54) is 13.2 Å². The average Bonchev–Trinajstić information content (AvgIpc) is 3.29. The number of alkyl carbamates (subject to hydrolysis) is 1. The summed E-state index contributed by atoms with van der Waals surface area (Å²) < 4.78 is 26.4. The summed E-state index contributed by atoms with van der Waals surface area (Å²) in [6.45, 7) is -0.0260. The van der Waals surface area contributed by atoms with Crippen molar-refractivity contribution < 1.29 is 23.5 Å². The standard InChI is InChI=1S/C25H21BrCl2FN3O4/c1-35-24-13(12-36-25(34)30-11-14-8-9-20(33)31-14)10-19(29)23(32-24)17-6-2-4-15(21(17)27)16-5-3-7-18(26)22(16)28/h2-7,10,14H,8-9,11-12H2,1H3,(H,30,34)(H,31,33). The molecule has 36 heavy (non-hydrogen) atoms. The van der Waals surface area contributed by atoms with Crippen LogP contribution in [0.15, 0.2) is 46.9 Å². The quantitative estimate of drug-likeness (QED) is 0.342. The summed E-state index contributed by atoms with van der Waals surface area (Å²) in [4.78, 5) is 27.6. The van der Waals surface area contributed by atoms with Crippen molar-refractivity contribution in [2.45, 2.75) is 25.5 Å². The number of benzene rings is 2. The molecule has 1 atom stereocenters. The van der Waals surface area contributed by atoms with Crippen LogP contribution in [-0.4, -0.2) is 36.7 Å². The Kier molecular flexibility index (Phi) is 8.33. The molecule has 0 bridgehead atoms. The van der Waals surface area contributed by atoms with Crippen LogP contribution in [0.25, 0.3) is 22.4 Å². The smallest absolute Gasteiger partial charge is 0.407 e. The van der Waals surface area contributed by atoms with Gasteiger partial charge >= 0.3 is 6.09 Å². The molecule has 11 heteroatoms. The van der Waals surface area contributed by atoms with Gasteiger partial charge in [-0.1, -0.05) is 53.5 Å². The number of hydrogen-bond donors (Lipinski definition) is 2. The van der Waals surface area contributed by atoms with Crippen LogP contribution >= 0.6 is 39.1 Å². The van der Waals surface area contributed by atoms with E-state index in [9.17, 15) is 9.59 Å². The minimum atomic E-state index is -0.704. The van der Waals surface area contributed by atoms with Crippen molar-refractivity contribution in [3.05, 3.63) is 68.4 Å². The van der Waals surface area contributed by atoms with Gasteiger partial charge in [-0.2, -0.15) is 0 Å². The Morgan fingerprint density at radius 3 is 2.58 bits per heavy atom. The van der Waals surface area contributed by atoms with Crippen molar-refractivity contribution in [1.29, 1.82) is 0 Å². The highest BCUT2D eigenvalue weighted by atomic mass is 79.9. The van der Waals surface area contributed by atoms with Crippen LogP contribution in [-0.2, 0) is 16.1 Å². The lowest BCUT2D eigenvalue weighted by Gasteiger charge is -2.15. The Bertz CT molecular complexity index is 1320. The van der Waals surface area contributed by atoms with Gasteiger partial charge in [0.15, 0.2) is 0 Å². The molecule has 0 radical (unpaired) electrons. The van der Waals surface area contributed by atoms with Crippen molar-refractivity contribution in [2.75, 3.05) is 13.7 Å². The highest BCUT2D eigenvalue weighted by Crippen LogP contribution is 2.41. The second-order valence-corrected chi connectivity index (χ2v) is 9.63. The molecule has 1 aliphatic heterocycles. The second kappa shape index (κ2) is 11.5. The lowest BCUT2D eigenvalue weighted by Crippen LogP contribution is -2.38. The summed E-state index contributed by atoms with van der Waals surface area (Å²) in [5.41, 5.74) is 1.87. The lowest BCUT2D eigenvalue weighted by molar-refractivity contribution is -0.119. The van der Waals surface area contributed by atoms with Gasteiger partial charge in [-0.3, -0.25) is 4.79 Å². The number of nitrogens with one attached hydrogen (secondary N) is 2. The number of pyridine rings is 1. The van der Waals surface area contributed by atoms with Crippen LogP contribution in [0.3, 0.4) is 0 Å². The van der Waals surface area contributed by atoms with Gasteiger partial charge in [-0.15, -0.1) is 0 Å². The molecule has 0 saturated carbocycles. The highest BCUT2D eigenvalue weighted by molar-refractivity contribution is 9.10. The fourth-order valence-electron chi connectivity index (χ4n) is 3.84. The maximum atomic E-state index is 15.2. The molecular formula is C25H21BrCl2FN3O4. The number of carbonyl (C=O) groups excluding carboxylic acids is 2. The molecule has 2 heterocycles. The number of ether oxygens (including phenoxy) is 2. The minimum Gasteiger partial charge on any atom is -0.481 e. The van der Waals surface area contributed by atoms with Crippen LogP contribution in [0.5, 0.6) is 5.88 Å². The molecular weight excluding hydrogens is 576 g/mol. The van der Waals surface area contributed by atoms with Gasteiger partial charge in [-0.25, -0.2) is 14.2 Å². The minimum absolute atomic E-state index is 0.0185. The van der Waals surface area contributed by atoms with Crippen molar-refractivity contribution in [2.24, 2.45) is 0 Å². The molecule has 1 fully saturated rings. The van der Waals surface area contributed by atoms with Crippen LogP contribution in [0.1, 0.15) is 18.4 Å². The van der Waals surface area contributed by atoms with Crippen LogP contribution < -0.4 is 15.4 Å². The van der Waals surface area contributed by atoms with Gasteiger partial charge in [0.25, 0.3) is 0 Å². The molecule has 1 saturated heterocycles. The molecule has 1 aromatic heterocycles. The Morgan fingerprint density at radius 1 is 1.19 bits per heavy atom. The van der Waals surface area contributed by atoms with E-state index in [0.29, 0.717) is 39.0 Å². The van der Waals surface area contributed by atoms with E-state index >= 15 is 4.39 Å². The Labute approximate surface area is 225 Å². The van der Waals surface area contributed by atoms with Gasteiger partial charge in [0.05, 0.1) is 22.7 Å². The first-order valence-electron chi connectivity index (χ1n) is 10.9. The Balaban J connectivity index is 1.54. The van der Waals surface area contributed by atoms with Gasteiger partial charge in [0.2, 0.25) is 11.8 Å². The molecule has 1 aliphatic rings. The zero-order valence-corrected chi connectivity index (χ0v) is 22.1. The molecule has 1 unspecified atom stereocenters. The fourth-order valence-corrected chi connectivity index (χ4v) is 4.76. The van der Waals surface area contributed by atoms with Gasteiger partial charge in [0.1, 0.15) is 18.1 Å². The summed E-state index contributed by atoms with van der Waals surface area (Å²) in [6, 6.07) is 11.7. The zero-order chi connectivity index (χ0) is 25.8. The first-order valence-corrected chi connectivity index (χ1v) is 12.5. The van der Waals surface area contributed by atoms with Crippen molar-refractivity contribution in [3.8, 4) is 28.3 Å². The van der Waals surface area contributed by atoms with E-state index in [1.54, 1.807) is 18.2 Å². The number of methoxy groups -OCH3 is 1. The van der Waals surface area contributed by atoms with Crippen molar-refractivity contribution in [3.63, 3.8) is 0 Å². The van der Waals surface area contributed by atoms with Crippen molar-refractivity contribution >= 4 is 51.1 Å². The molecule has 4 rings (SSSR count). The molecule has 3 aromatic rings. The molecule has 2 aromatic carbocycles. The lowest BCUT2D eigenvalue weighted by atomic mass is 10.0. The predicted molar refractivity (Wildman–Crippen MR) is 139 cm³/mol. The van der Waals surface area contributed by atoms with E-state index in [0.717, 1.165) is 0 Å². The number of nitrogens with zero attached hydrogens (tertiary/aromatic N) is 1. The van der Waals surface area contributed by atoms with Crippen LogP contribution in [0.2, 0.25) is 10.0 Å². The molecule has 7 nitrogen and oxygen atoms in total. The average molecular weight is 597 g/mol. The molecule has 2 amide bonds. The largest absolute Gasteiger partial charge is 0.481 e. The summed E-state index contributed by atoms with van der Waals surface area (Å²) in [5, 5.41) is 6.07. The van der Waals surface area contributed by atoms with Crippen LogP contribution in [0.4, 0.5) is 9.18 Å². The molecule has 0 aliphatic carbocycles. The number of rotatable bonds is 7. The first kappa shape index (κ1) is 26.2. The third kappa shape index (κ3) is 5.74. The Morgan fingerprint density at radius 2 is 1.89 bits per heavy atom. The van der Waals surface area contributed by atoms with Gasteiger partial charge in [0, 0.05) is 40.2 Å². The summed E-state index contributed by atoms with van der Waals surface area (Å²) in [5.74, 6) is -0.626. The monoisotopic (exact) mass is 595 g/mol. The zero-order valence-electron chi connectivity index (χ0n) is 19.0. The van der Waals surface area contributed by atoms with E-state index in [1.807, 2.05) is 18.2 Å². The molecule has 2 N–H and O–H groups in total. The van der Waals surface area contributed by atoms with Gasteiger partial charge in [-0.05, 0) is 34.5 Å². The highest BCUT2D eigenvalue weighted by Gasteiger charge is 2.22. The third-order valence-corrected chi connectivity index (χ3v) is 7.34. The van der Waals surface area contributed by atoms with E-state index in [-0.39, 0.29) is 47.3 Å². The van der Waals surface area contributed by atoms with Crippen molar-refractivity contribution in [1.82, 2.24) is 15.6 Å². The maximum Gasteiger partial charge on any atom is 0.407 e. The normalized spacial score (nSPS) is 14.9. The predicted octanol–water partition coefficient (Wildman–Crippen LogP) is 6.14. The van der Waals surface area contributed by atoms with E-state index in [4.69, 9.17) is 32.7 Å². The number of aromatic nitrogens is 1. The van der Waals surface area contributed by atoms with Crippen LogP contribution in [0, 0.1) is 5.82 Å². The summed E-state index contributed by atoms with van der Waals surface area (Å²) >= 11 is 16.5. The first-order chi connectivity index (χ1) is 17.3. The summed E-state index contributed by atoms with van der Waals surface area (Å²) in [7, 11) is 1.38. The van der Waals surface area contributed by atoms with Gasteiger partial charge < -0.3 is 20.1 Å². The third-order valence-electron chi connectivity index (χ3n) is 5.64. The number of amides is 2. The topological polar surface area (TPSA) is 89.6 Å². The Hall–Kier alpha value is -2.88. The fraction of sp³-hybridized carbons (Fsp3) is 0.240. The van der Waals surface area contributed by atoms with E-state index in [2.05, 4.69) is 31.5 Å². The molecule has 188 valence electrons. The SMILES string of the molecule is COc1nc(-c2cccc(-c3cccc(Br)c3Cl)c2Cl)c(F)cc1COC(=O)NCC1CCC(=O)N1. The summed E-state index contributed by atoms with van der Waals surface area (Å²) in [6.07, 6.45) is 0.365. The number of halogens is 4. The number of hydrogen-bond acceptors (Lipinski definition) is 5. The maximum absolute atomic E-state index is 15.2. The second-order valence-electron chi connectivity index (χ2n) is 8.02.